The zero-order chi connectivity index (χ0) is 14.7. The number of hydrogen-bond acceptors (Lipinski definition) is 5. The Morgan fingerprint density at radius 1 is 1.26 bits per heavy atom. The number of hydrogen-bond donors (Lipinski definition) is 2. The van der Waals surface area contributed by atoms with Gasteiger partial charge in [0.15, 0.2) is 0 Å². The minimum atomic E-state index is -1.09. The lowest BCUT2D eigenvalue weighted by Crippen LogP contribution is -2.58. The minimum Gasteiger partial charge on any atom is -0.467 e. The van der Waals surface area contributed by atoms with Crippen molar-refractivity contribution in [1.29, 1.82) is 0 Å². The van der Waals surface area contributed by atoms with Gasteiger partial charge < -0.3 is 19.9 Å². The predicted octanol–water partition coefficient (Wildman–Crippen LogP) is 1.36. The Morgan fingerprint density at radius 2 is 1.79 bits per heavy atom. The van der Waals surface area contributed by atoms with Crippen LogP contribution in [0.4, 0.5) is 4.79 Å². The maximum Gasteiger partial charge on any atom is 0.408 e. The molecule has 1 rings (SSSR count). The molecule has 0 aliphatic heterocycles. The molecule has 0 aromatic carbocycles. The van der Waals surface area contributed by atoms with Crippen LogP contribution in [0.5, 0.6) is 0 Å². The summed E-state index contributed by atoms with van der Waals surface area (Å²) >= 11 is 0. The van der Waals surface area contributed by atoms with E-state index in [1.54, 1.807) is 20.8 Å². The average molecular weight is 273 g/mol. The summed E-state index contributed by atoms with van der Waals surface area (Å²) < 4.78 is 9.94. The third kappa shape index (κ3) is 4.38. The molecule has 0 unspecified atom stereocenters. The van der Waals surface area contributed by atoms with Crippen LogP contribution in [0.1, 0.15) is 46.5 Å². The molecule has 110 valence electrons. The largest absolute Gasteiger partial charge is 0.467 e. The molecule has 0 spiro atoms. The van der Waals surface area contributed by atoms with E-state index < -0.39 is 29.3 Å². The number of nitrogens with one attached hydrogen (secondary N) is 1. The number of alkyl carbamates (subject to hydrolysis) is 1. The smallest absolute Gasteiger partial charge is 0.408 e. The quantitative estimate of drug-likeness (QED) is 0.742. The molecule has 0 atom stereocenters. The summed E-state index contributed by atoms with van der Waals surface area (Å²) in [5.74, 6) is -0.495. The highest BCUT2D eigenvalue weighted by Gasteiger charge is 2.44. The van der Waals surface area contributed by atoms with E-state index in [2.05, 4.69) is 5.32 Å². The summed E-state index contributed by atoms with van der Waals surface area (Å²) in [6, 6.07) is 0. The molecule has 0 bridgehead atoms. The fourth-order valence-corrected chi connectivity index (χ4v) is 2.17. The molecule has 0 heterocycles. The highest BCUT2D eigenvalue weighted by atomic mass is 16.6. The van der Waals surface area contributed by atoms with Crippen molar-refractivity contribution in [2.75, 3.05) is 7.11 Å². The second kappa shape index (κ2) is 5.77. The van der Waals surface area contributed by atoms with Gasteiger partial charge in [-0.25, -0.2) is 9.59 Å². The molecule has 1 aliphatic carbocycles. The fraction of sp³-hybridized carbons (Fsp3) is 0.846. The maximum absolute atomic E-state index is 11.9. The molecule has 19 heavy (non-hydrogen) atoms. The third-order valence-corrected chi connectivity index (χ3v) is 3.13. The normalized spacial score (nSPS) is 27.5. The van der Waals surface area contributed by atoms with E-state index in [-0.39, 0.29) is 0 Å². The standard InChI is InChI=1S/C13H23NO5/c1-12(2,3)19-11(17)14-13(10(16)18-4)7-5-9(15)6-8-13/h9,15H,5-8H2,1-4H3,(H,14,17)/t9-,13-. The van der Waals surface area contributed by atoms with Gasteiger partial charge in [0.05, 0.1) is 13.2 Å². The van der Waals surface area contributed by atoms with Crippen molar-refractivity contribution in [1.82, 2.24) is 5.32 Å². The van der Waals surface area contributed by atoms with Gasteiger partial charge in [-0.3, -0.25) is 0 Å². The van der Waals surface area contributed by atoms with Gasteiger partial charge in [-0.2, -0.15) is 0 Å². The molecule has 1 aliphatic rings. The fourth-order valence-electron chi connectivity index (χ4n) is 2.17. The average Bonchev–Trinajstić information content (AvgIpc) is 2.29. The molecular formula is C13H23NO5. The van der Waals surface area contributed by atoms with Crippen LogP contribution >= 0.6 is 0 Å². The lowest BCUT2D eigenvalue weighted by molar-refractivity contribution is -0.151. The third-order valence-electron chi connectivity index (χ3n) is 3.13. The van der Waals surface area contributed by atoms with Gasteiger partial charge in [0, 0.05) is 0 Å². The van der Waals surface area contributed by atoms with Gasteiger partial charge in [-0.05, 0) is 46.5 Å². The number of rotatable bonds is 2. The Bertz CT molecular complexity index is 339. The molecule has 0 aromatic rings. The van der Waals surface area contributed by atoms with Crippen molar-refractivity contribution < 1.29 is 24.2 Å². The monoisotopic (exact) mass is 273 g/mol. The molecule has 0 aromatic heterocycles. The molecule has 1 amide bonds. The van der Waals surface area contributed by atoms with Gasteiger partial charge in [0.25, 0.3) is 0 Å². The summed E-state index contributed by atoms with van der Waals surface area (Å²) in [5, 5.41) is 12.1. The molecule has 0 radical (unpaired) electrons. The Balaban J connectivity index is 2.76. The van der Waals surface area contributed by atoms with Gasteiger partial charge in [0.1, 0.15) is 11.1 Å². The molecular weight excluding hydrogens is 250 g/mol. The van der Waals surface area contributed by atoms with Crippen LogP contribution in [0.15, 0.2) is 0 Å². The highest BCUT2D eigenvalue weighted by Crippen LogP contribution is 2.30. The molecule has 6 heteroatoms. The summed E-state index contributed by atoms with van der Waals surface area (Å²) in [4.78, 5) is 23.8. The Kier molecular flexibility index (Phi) is 4.79. The lowest BCUT2D eigenvalue weighted by Gasteiger charge is -2.37. The van der Waals surface area contributed by atoms with Crippen molar-refractivity contribution in [3.8, 4) is 0 Å². The first-order valence-electron chi connectivity index (χ1n) is 6.46. The SMILES string of the molecule is COC(=O)[C@]1(NC(=O)OC(C)(C)C)CC[C@H](O)CC1. The molecule has 1 fully saturated rings. The number of amides is 1. The Labute approximate surface area is 113 Å². The van der Waals surface area contributed by atoms with Crippen molar-refractivity contribution in [3.63, 3.8) is 0 Å². The number of aliphatic hydroxyl groups is 1. The number of carbonyl (C=O) groups is 2. The summed E-state index contributed by atoms with van der Waals surface area (Å²) in [5.41, 5.74) is -1.72. The number of ether oxygens (including phenoxy) is 2. The molecule has 2 N–H and O–H groups in total. The maximum atomic E-state index is 11.9. The zero-order valence-electron chi connectivity index (χ0n) is 12.0. The highest BCUT2D eigenvalue weighted by molar-refractivity contribution is 5.86. The van der Waals surface area contributed by atoms with Crippen LogP contribution in [0.25, 0.3) is 0 Å². The Hall–Kier alpha value is -1.30. The second-order valence-electron chi connectivity index (χ2n) is 5.93. The van der Waals surface area contributed by atoms with E-state index in [0.717, 1.165) is 0 Å². The summed E-state index contributed by atoms with van der Waals surface area (Å²) in [7, 11) is 1.28. The van der Waals surface area contributed by atoms with E-state index in [9.17, 15) is 14.7 Å². The molecule has 1 saturated carbocycles. The van der Waals surface area contributed by atoms with Gasteiger partial charge in [-0.1, -0.05) is 0 Å². The van der Waals surface area contributed by atoms with Crippen LogP contribution < -0.4 is 5.32 Å². The van der Waals surface area contributed by atoms with Crippen LogP contribution in [-0.2, 0) is 14.3 Å². The zero-order valence-corrected chi connectivity index (χ0v) is 12.0. The van der Waals surface area contributed by atoms with E-state index >= 15 is 0 Å². The number of carbonyl (C=O) groups excluding carboxylic acids is 2. The van der Waals surface area contributed by atoms with Crippen LogP contribution in [0, 0.1) is 0 Å². The van der Waals surface area contributed by atoms with E-state index in [0.29, 0.717) is 25.7 Å². The van der Waals surface area contributed by atoms with Gasteiger partial charge in [-0.15, -0.1) is 0 Å². The van der Waals surface area contributed by atoms with Crippen molar-refractivity contribution in [2.24, 2.45) is 0 Å². The number of aliphatic hydroxyl groups excluding tert-OH is 1. The summed E-state index contributed by atoms with van der Waals surface area (Å²) in [6.45, 7) is 5.26. The first-order valence-corrected chi connectivity index (χ1v) is 6.46. The number of methoxy groups -OCH3 is 1. The van der Waals surface area contributed by atoms with Crippen molar-refractivity contribution in [2.45, 2.75) is 63.7 Å². The van der Waals surface area contributed by atoms with E-state index in [1.165, 1.54) is 7.11 Å². The minimum absolute atomic E-state index is 0.347. The van der Waals surface area contributed by atoms with Crippen molar-refractivity contribution >= 4 is 12.1 Å². The van der Waals surface area contributed by atoms with Gasteiger partial charge in [0.2, 0.25) is 0 Å². The van der Waals surface area contributed by atoms with E-state index in [4.69, 9.17) is 9.47 Å². The topological polar surface area (TPSA) is 84.9 Å². The van der Waals surface area contributed by atoms with Crippen LogP contribution in [0.3, 0.4) is 0 Å². The number of esters is 1. The van der Waals surface area contributed by atoms with Gasteiger partial charge >= 0.3 is 12.1 Å². The second-order valence-corrected chi connectivity index (χ2v) is 5.93. The molecule has 6 nitrogen and oxygen atoms in total. The van der Waals surface area contributed by atoms with Crippen LogP contribution in [-0.4, -0.2) is 41.5 Å². The van der Waals surface area contributed by atoms with E-state index in [1.807, 2.05) is 0 Å². The first-order chi connectivity index (χ1) is 8.68. The Morgan fingerprint density at radius 3 is 2.21 bits per heavy atom. The summed E-state index contributed by atoms with van der Waals surface area (Å²) in [6.07, 6.45) is 0.517. The van der Waals surface area contributed by atoms with Crippen LogP contribution in [0.2, 0.25) is 0 Å². The predicted molar refractivity (Wildman–Crippen MR) is 68.6 cm³/mol. The first kappa shape index (κ1) is 15.8. The molecule has 0 saturated heterocycles. The lowest BCUT2D eigenvalue weighted by atomic mass is 9.80. The van der Waals surface area contributed by atoms with Crippen molar-refractivity contribution in [3.05, 3.63) is 0 Å².